The zero-order valence-corrected chi connectivity index (χ0v) is 28.3. The number of Topliss-reactive ketones (excluding diaryl/α,β-unsaturated/α-hetero) is 1. The molecule has 12 heteroatoms. The summed E-state index contributed by atoms with van der Waals surface area (Å²) in [6.07, 6.45) is 9.10. The first-order valence-electron chi connectivity index (χ1n) is 17.2. The van der Waals surface area contributed by atoms with Crippen LogP contribution in [0.25, 0.3) is 0 Å². The van der Waals surface area contributed by atoms with Crippen molar-refractivity contribution in [2.24, 2.45) is 28.5 Å². The van der Waals surface area contributed by atoms with Gasteiger partial charge in [-0.15, -0.1) is 0 Å². The molecule has 1 saturated heterocycles. The van der Waals surface area contributed by atoms with Gasteiger partial charge in [-0.25, -0.2) is 0 Å². The van der Waals surface area contributed by atoms with Crippen LogP contribution in [-0.4, -0.2) is 72.6 Å². The maximum absolute atomic E-state index is 13.9. The Balaban J connectivity index is 2.32. The number of aliphatic imine (C=N–C) groups is 1. The van der Waals surface area contributed by atoms with Gasteiger partial charge >= 0.3 is 0 Å². The molecule has 45 heavy (non-hydrogen) atoms. The predicted octanol–water partition coefficient (Wildman–Crippen LogP) is 2.45. The quantitative estimate of drug-likeness (QED) is 0.108. The van der Waals surface area contributed by atoms with E-state index in [1.165, 1.54) is 6.42 Å². The fourth-order valence-corrected chi connectivity index (χ4v) is 5.91. The molecular weight excluding hydrogens is 574 g/mol. The highest BCUT2D eigenvalue weighted by molar-refractivity contribution is 5.97. The normalized spacial score (nSPS) is 26.4. The summed E-state index contributed by atoms with van der Waals surface area (Å²) in [7, 11) is 0. The van der Waals surface area contributed by atoms with Crippen LogP contribution >= 0.6 is 0 Å². The molecule has 12 nitrogen and oxygen atoms in total. The summed E-state index contributed by atoms with van der Waals surface area (Å²) in [5.74, 6) is -2.16. The van der Waals surface area contributed by atoms with Crippen molar-refractivity contribution in [3.63, 3.8) is 0 Å². The van der Waals surface area contributed by atoms with E-state index >= 15 is 0 Å². The number of carbonyl (C=O) groups is 5. The number of nitrogens with two attached hydrogens (primary N) is 1. The molecule has 1 heterocycles. The maximum Gasteiger partial charge on any atom is 0.243 e. The number of guanidine groups is 1. The number of nitrogens with one attached hydrogen (secondary N) is 5. The summed E-state index contributed by atoms with van der Waals surface area (Å²) < 4.78 is 0. The molecule has 256 valence electrons. The van der Waals surface area contributed by atoms with Gasteiger partial charge in [0, 0.05) is 37.9 Å². The maximum atomic E-state index is 13.9. The van der Waals surface area contributed by atoms with Crippen molar-refractivity contribution in [3.8, 4) is 0 Å². The number of hydrogen-bond donors (Lipinski definition) is 6. The molecule has 4 atom stereocenters. The molecule has 1 saturated carbocycles. The molecule has 0 aromatic carbocycles. The van der Waals surface area contributed by atoms with Crippen LogP contribution in [0.2, 0.25) is 0 Å². The van der Waals surface area contributed by atoms with E-state index < -0.39 is 35.4 Å². The average molecular weight is 634 g/mol. The zero-order valence-electron chi connectivity index (χ0n) is 28.3. The van der Waals surface area contributed by atoms with Crippen LogP contribution in [0, 0.1) is 17.8 Å². The van der Waals surface area contributed by atoms with Crippen LogP contribution in [0.3, 0.4) is 0 Å². The van der Waals surface area contributed by atoms with E-state index in [2.05, 4.69) is 38.5 Å². The van der Waals surface area contributed by atoms with Gasteiger partial charge in [0.15, 0.2) is 11.7 Å². The Hall–Kier alpha value is -3.18. The summed E-state index contributed by atoms with van der Waals surface area (Å²) in [5.41, 5.74) is 4.66. The molecule has 2 rings (SSSR count). The van der Waals surface area contributed by atoms with Gasteiger partial charge in [0.1, 0.15) is 12.1 Å². The van der Waals surface area contributed by atoms with Crippen LogP contribution in [0.5, 0.6) is 0 Å². The Morgan fingerprint density at radius 1 is 1.00 bits per heavy atom. The fraction of sp³-hybridized carbons (Fsp3) is 0.818. The lowest BCUT2D eigenvalue weighted by Crippen LogP contribution is -2.58. The fourth-order valence-electron chi connectivity index (χ4n) is 5.91. The van der Waals surface area contributed by atoms with Crippen LogP contribution < -0.4 is 32.3 Å². The van der Waals surface area contributed by atoms with Crippen molar-refractivity contribution in [2.45, 2.75) is 136 Å². The second-order valence-corrected chi connectivity index (χ2v) is 13.3. The first-order chi connectivity index (χ1) is 21.4. The van der Waals surface area contributed by atoms with E-state index in [1.54, 1.807) is 27.7 Å². The van der Waals surface area contributed by atoms with Gasteiger partial charge in [-0.1, -0.05) is 66.2 Å². The van der Waals surface area contributed by atoms with E-state index in [4.69, 9.17) is 5.73 Å². The standard InChI is InChI=1S/C33H59N7O5/c1-6-8-17-36-32(34)37-18-12-15-24-21-27(41)33(5,40-28(42)22(3)4)16-19-35-30(44)26(20-23-13-10-9-11-14-23)39-31(45)25(7-2)38-29(24)43/h22-26H,6-21H2,1-5H3,(H,35,44)(H,38,43)(H,39,45)(H,40,42)(H3,34,36,37)/t24-,25+,26-,33-/m1/s1. The van der Waals surface area contributed by atoms with Crippen LogP contribution in [-0.2, 0) is 24.0 Å². The van der Waals surface area contributed by atoms with Gasteiger partial charge in [-0.2, -0.15) is 0 Å². The highest BCUT2D eigenvalue weighted by Crippen LogP contribution is 2.28. The van der Waals surface area contributed by atoms with Gasteiger partial charge in [0.25, 0.3) is 0 Å². The molecular formula is C33H59N7O5. The van der Waals surface area contributed by atoms with E-state index in [0.717, 1.165) is 45.1 Å². The van der Waals surface area contributed by atoms with E-state index in [1.807, 2.05) is 0 Å². The lowest BCUT2D eigenvalue weighted by molar-refractivity contribution is -0.137. The number of nitrogens with zero attached hydrogens (tertiary/aromatic N) is 1. The first-order valence-corrected chi connectivity index (χ1v) is 17.2. The third-order valence-electron chi connectivity index (χ3n) is 9.06. The minimum Gasteiger partial charge on any atom is -0.370 e. The Labute approximate surface area is 269 Å². The number of carbonyl (C=O) groups excluding carboxylic acids is 5. The van der Waals surface area contributed by atoms with Gasteiger partial charge in [0.05, 0.1) is 5.54 Å². The highest BCUT2D eigenvalue weighted by atomic mass is 16.2. The van der Waals surface area contributed by atoms with Crippen molar-refractivity contribution in [3.05, 3.63) is 0 Å². The monoisotopic (exact) mass is 633 g/mol. The molecule has 1 aliphatic heterocycles. The Morgan fingerprint density at radius 3 is 2.33 bits per heavy atom. The summed E-state index contributed by atoms with van der Waals surface area (Å²) >= 11 is 0. The van der Waals surface area contributed by atoms with Crippen molar-refractivity contribution >= 4 is 35.4 Å². The van der Waals surface area contributed by atoms with Gasteiger partial charge in [-0.05, 0) is 51.4 Å². The third-order valence-corrected chi connectivity index (χ3v) is 9.06. The van der Waals surface area contributed by atoms with Crippen LogP contribution in [0.1, 0.15) is 118 Å². The summed E-state index contributed by atoms with van der Waals surface area (Å²) in [6.45, 7) is 10.3. The van der Waals surface area contributed by atoms with Crippen LogP contribution in [0.15, 0.2) is 4.99 Å². The summed E-state index contributed by atoms with van der Waals surface area (Å²) in [4.78, 5) is 71.5. The van der Waals surface area contributed by atoms with E-state index in [9.17, 15) is 24.0 Å². The molecule has 7 N–H and O–H groups in total. The Kier molecular flexibility index (Phi) is 16.4. The molecule has 0 bridgehead atoms. The van der Waals surface area contributed by atoms with Crippen molar-refractivity contribution in [1.82, 2.24) is 26.6 Å². The minimum absolute atomic E-state index is 0.129. The number of unbranched alkanes of at least 4 members (excludes halogenated alkanes) is 1. The Bertz CT molecular complexity index is 1030. The molecule has 0 unspecified atom stereocenters. The molecule has 4 amide bonds. The SMILES string of the molecule is CCCCNC(N)=NCCC[C@@H]1CC(=O)[C@](C)(NC(=O)C(C)C)CCNC(=O)[C@@H](CC2CCCCC2)NC(=O)[C@H](CC)NC1=O. The second-order valence-electron chi connectivity index (χ2n) is 13.3. The number of rotatable bonds is 12. The smallest absolute Gasteiger partial charge is 0.243 e. The van der Waals surface area contributed by atoms with Gasteiger partial charge < -0.3 is 32.3 Å². The molecule has 2 fully saturated rings. The lowest BCUT2D eigenvalue weighted by atomic mass is 9.83. The summed E-state index contributed by atoms with van der Waals surface area (Å²) in [6, 6.07) is -1.62. The van der Waals surface area contributed by atoms with E-state index in [-0.39, 0.29) is 42.9 Å². The topological polar surface area (TPSA) is 184 Å². The predicted molar refractivity (Wildman–Crippen MR) is 176 cm³/mol. The minimum atomic E-state index is -1.30. The van der Waals surface area contributed by atoms with Crippen LogP contribution in [0.4, 0.5) is 0 Å². The first kappa shape index (κ1) is 38.0. The van der Waals surface area contributed by atoms with Gasteiger partial charge in [-0.3, -0.25) is 29.0 Å². The number of ketones is 1. The average Bonchev–Trinajstić information content (AvgIpc) is 3.00. The highest BCUT2D eigenvalue weighted by Gasteiger charge is 2.39. The largest absolute Gasteiger partial charge is 0.370 e. The zero-order chi connectivity index (χ0) is 33.4. The van der Waals surface area contributed by atoms with Crippen molar-refractivity contribution in [1.29, 1.82) is 0 Å². The van der Waals surface area contributed by atoms with Gasteiger partial charge in [0.2, 0.25) is 23.6 Å². The van der Waals surface area contributed by atoms with Crippen molar-refractivity contribution in [2.75, 3.05) is 19.6 Å². The molecule has 0 radical (unpaired) electrons. The summed E-state index contributed by atoms with van der Waals surface area (Å²) in [5, 5.41) is 14.7. The molecule has 1 aliphatic carbocycles. The number of hydrogen-bond acceptors (Lipinski definition) is 6. The molecule has 2 aliphatic rings. The third kappa shape index (κ3) is 13.0. The molecule has 0 aromatic rings. The number of amides is 4. The molecule has 0 spiro atoms. The second kappa shape index (κ2) is 19.4. The van der Waals surface area contributed by atoms with Crippen molar-refractivity contribution < 1.29 is 24.0 Å². The lowest BCUT2D eigenvalue weighted by Gasteiger charge is -2.33. The van der Waals surface area contributed by atoms with E-state index in [0.29, 0.717) is 44.1 Å². The Morgan fingerprint density at radius 2 is 1.69 bits per heavy atom. The molecule has 0 aromatic heterocycles.